The summed E-state index contributed by atoms with van der Waals surface area (Å²) in [5, 5.41) is 12.2. The molecule has 0 aromatic carbocycles. The van der Waals surface area contributed by atoms with Crippen LogP contribution in [0.5, 0.6) is 0 Å². The largest absolute Gasteiger partial charge is 0.444 e. The molecule has 5 nitrogen and oxygen atoms in total. The second kappa shape index (κ2) is 5.81. The van der Waals surface area contributed by atoms with Crippen LogP contribution in [-0.2, 0) is 4.74 Å². The van der Waals surface area contributed by atoms with Gasteiger partial charge in [-0.15, -0.1) is 11.3 Å². The number of thiophene rings is 1. The minimum absolute atomic E-state index is 0.0726. The van der Waals surface area contributed by atoms with Gasteiger partial charge in [0.1, 0.15) is 16.5 Å². The molecule has 0 aliphatic carbocycles. The third kappa shape index (κ3) is 3.71. The Morgan fingerprint density at radius 3 is 2.90 bits per heavy atom. The van der Waals surface area contributed by atoms with Gasteiger partial charge < -0.3 is 15.0 Å². The Hall–Kier alpha value is -1.58. The number of carbonyl (C=O) groups is 1. The normalized spacial score (nSPS) is 19.5. The number of hydrogen-bond acceptors (Lipinski definition) is 5. The lowest BCUT2D eigenvalue weighted by Crippen LogP contribution is -2.49. The molecule has 1 amide bonds. The molecule has 0 radical (unpaired) electrons. The van der Waals surface area contributed by atoms with E-state index in [-0.39, 0.29) is 12.1 Å². The first kappa shape index (κ1) is 14.8. The van der Waals surface area contributed by atoms with Crippen molar-refractivity contribution in [3.05, 3.63) is 21.9 Å². The topological polar surface area (TPSA) is 65.4 Å². The Balaban J connectivity index is 2.01. The van der Waals surface area contributed by atoms with Gasteiger partial charge in [0, 0.05) is 24.5 Å². The van der Waals surface area contributed by atoms with Crippen LogP contribution in [0.2, 0.25) is 0 Å². The molecule has 108 valence electrons. The highest BCUT2D eigenvalue weighted by Crippen LogP contribution is 2.25. The fraction of sp³-hybridized carbons (Fsp3) is 0.571. The summed E-state index contributed by atoms with van der Waals surface area (Å²) in [6.45, 7) is 7.53. The molecular formula is C14H19N3O2S. The van der Waals surface area contributed by atoms with Crippen molar-refractivity contribution in [1.82, 2.24) is 10.2 Å². The van der Waals surface area contributed by atoms with Crippen molar-refractivity contribution in [1.29, 1.82) is 5.26 Å². The number of amides is 1. The Kier molecular flexibility index (Phi) is 4.31. The smallest absolute Gasteiger partial charge is 0.410 e. The fourth-order valence-corrected chi connectivity index (χ4v) is 2.90. The summed E-state index contributed by atoms with van der Waals surface area (Å²) in [6.07, 6.45) is -0.277. The Bertz CT molecular complexity index is 527. The minimum atomic E-state index is -0.478. The first-order valence-corrected chi connectivity index (χ1v) is 7.42. The molecule has 2 rings (SSSR count). The number of carbonyl (C=O) groups excluding carboxylic acids is 1. The summed E-state index contributed by atoms with van der Waals surface area (Å²) in [7, 11) is 0. The van der Waals surface area contributed by atoms with Crippen molar-refractivity contribution >= 4 is 17.4 Å². The third-order valence-corrected chi connectivity index (χ3v) is 4.01. The predicted molar refractivity (Wildman–Crippen MR) is 77.6 cm³/mol. The van der Waals surface area contributed by atoms with E-state index in [1.54, 1.807) is 4.90 Å². The number of nitrogens with one attached hydrogen (secondary N) is 1. The summed E-state index contributed by atoms with van der Waals surface area (Å²) in [5.74, 6) is 0. The number of hydrogen-bond donors (Lipinski definition) is 1. The lowest BCUT2D eigenvalue weighted by atomic mass is 10.2. The first-order valence-electron chi connectivity index (χ1n) is 6.60. The van der Waals surface area contributed by atoms with E-state index in [9.17, 15) is 4.79 Å². The van der Waals surface area contributed by atoms with Gasteiger partial charge in [0.25, 0.3) is 0 Å². The maximum absolute atomic E-state index is 12.1. The van der Waals surface area contributed by atoms with Gasteiger partial charge in [-0.25, -0.2) is 4.79 Å². The first-order chi connectivity index (χ1) is 9.39. The van der Waals surface area contributed by atoms with Crippen LogP contribution >= 0.6 is 11.3 Å². The van der Waals surface area contributed by atoms with Crippen molar-refractivity contribution in [2.75, 3.05) is 19.6 Å². The number of ether oxygens (including phenoxy) is 1. The monoisotopic (exact) mass is 293 g/mol. The Morgan fingerprint density at radius 1 is 1.55 bits per heavy atom. The van der Waals surface area contributed by atoms with E-state index in [1.165, 1.54) is 11.3 Å². The van der Waals surface area contributed by atoms with Crippen LogP contribution in [0.3, 0.4) is 0 Å². The second-order valence-corrected chi connectivity index (χ2v) is 6.86. The molecule has 1 aromatic heterocycles. The van der Waals surface area contributed by atoms with Crippen LogP contribution in [0, 0.1) is 11.3 Å². The summed E-state index contributed by atoms with van der Waals surface area (Å²) in [4.78, 5) is 15.6. The standard InChI is InChI=1S/C14H19N3O2S/c1-14(2,3)19-13(18)17-7-6-16-11(9-17)12-5-4-10(8-15)20-12/h4-5,11,16H,6-7,9H2,1-3H3. The molecule has 1 saturated heterocycles. The molecule has 2 heterocycles. The third-order valence-electron chi connectivity index (χ3n) is 2.91. The minimum Gasteiger partial charge on any atom is -0.444 e. The molecule has 1 unspecified atom stereocenters. The van der Waals surface area contributed by atoms with Gasteiger partial charge in [-0.1, -0.05) is 0 Å². The lowest BCUT2D eigenvalue weighted by molar-refractivity contribution is 0.0196. The van der Waals surface area contributed by atoms with Crippen LogP contribution in [0.1, 0.15) is 36.6 Å². The van der Waals surface area contributed by atoms with Crippen LogP contribution in [-0.4, -0.2) is 36.2 Å². The lowest BCUT2D eigenvalue weighted by Gasteiger charge is -2.34. The van der Waals surface area contributed by atoms with Crippen LogP contribution in [0.15, 0.2) is 12.1 Å². The van der Waals surface area contributed by atoms with Gasteiger partial charge >= 0.3 is 6.09 Å². The molecule has 1 N–H and O–H groups in total. The van der Waals surface area contributed by atoms with Crippen LogP contribution < -0.4 is 5.32 Å². The second-order valence-electron chi connectivity index (χ2n) is 5.75. The van der Waals surface area contributed by atoms with Gasteiger partial charge in [0.2, 0.25) is 0 Å². The average molecular weight is 293 g/mol. The maximum Gasteiger partial charge on any atom is 0.410 e. The highest BCUT2D eigenvalue weighted by Gasteiger charge is 2.28. The van der Waals surface area contributed by atoms with E-state index in [4.69, 9.17) is 10.00 Å². The molecule has 6 heteroatoms. The highest BCUT2D eigenvalue weighted by molar-refractivity contribution is 7.12. The van der Waals surface area contributed by atoms with Gasteiger partial charge in [-0.05, 0) is 32.9 Å². The van der Waals surface area contributed by atoms with Crippen molar-refractivity contribution in [3.8, 4) is 6.07 Å². The molecule has 1 atom stereocenters. The summed E-state index contributed by atoms with van der Waals surface area (Å²) >= 11 is 1.46. The molecular weight excluding hydrogens is 274 g/mol. The number of rotatable bonds is 1. The zero-order chi connectivity index (χ0) is 14.8. The SMILES string of the molecule is CC(C)(C)OC(=O)N1CCNC(c2ccc(C#N)s2)C1. The number of piperazine rings is 1. The molecule has 1 fully saturated rings. The van der Waals surface area contributed by atoms with Gasteiger partial charge in [0.15, 0.2) is 0 Å². The number of nitrogens with zero attached hydrogens (tertiary/aromatic N) is 2. The zero-order valence-corrected chi connectivity index (χ0v) is 12.8. The van der Waals surface area contributed by atoms with E-state index in [1.807, 2.05) is 32.9 Å². The van der Waals surface area contributed by atoms with E-state index in [0.717, 1.165) is 11.4 Å². The molecule has 20 heavy (non-hydrogen) atoms. The van der Waals surface area contributed by atoms with Crippen molar-refractivity contribution < 1.29 is 9.53 Å². The molecule has 1 aliphatic heterocycles. The van der Waals surface area contributed by atoms with Crippen molar-refractivity contribution in [2.24, 2.45) is 0 Å². The van der Waals surface area contributed by atoms with Crippen LogP contribution in [0.25, 0.3) is 0 Å². The van der Waals surface area contributed by atoms with Gasteiger partial charge in [-0.3, -0.25) is 0 Å². The van der Waals surface area contributed by atoms with Gasteiger partial charge in [0.05, 0.1) is 6.04 Å². The summed E-state index contributed by atoms with van der Waals surface area (Å²) in [6, 6.07) is 5.97. The zero-order valence-electron chi connectivity index (χ0n) is 12.0. The fourth-order valence-electron chi connectivity index (χ4n) is 2.03. The van der Waals surface area contributed by atoms with E-state index < -0.39 is 5.60 Å². The number of nitriles is 1. The van der Waals surface area contributed by atoms with Crippen molar-refractivity contribution in [3.63, 3.8) is 0 Å². The molecule has 1 aliphatic rings. The van der Waals surface area contributed by atoms with E-state index in [2.05, 4.69) is 11.4 Å². The summed E-state index contributed by atoms with van der Waals surface area (Å²) < 4.78 is 5.40. The van der Waals surface area contributed by atoms with Crippen molar-refractivity contribution in [2.45, 2.75) is 32.4 Å². The predicted octanol–water partition coefficient (Wildman–Crippen LogP) is 2.50. The van der Waals surface area contributed by atoms with Gasteiger partial charge in [-0.2, -0.15) is 5.26 Å². The average Bonchev–Trinajstić information content (AvgIpc) is 2.85. The Labute approximate surface area is 123 Å². The molecule has 0 bridgehead atoms. The van der Waals surface area contributed by atoms with E-state index >= 15 is 0 Å². The molecule has 0 spiro atoms. The van der Waals surface area contributed by atoms with Crippen LogP contribution in [0.4, 0.5) is 4.79 Å². The highest BCUT2D eigenvalue weighted by atomic mass is 32.1. The molecule has 1 aromatic rings. The quantitative estimate of drug-likeness (QED) is 0.864. The molecule has 0 saturated carbocycles. The summed E-state index contributed by atoms with van der Waals surface area (Å²) in [5.41, 5.74) is -0.478. The van der Waals surface area contributed by atoms with E-state index in [0.29, 0.717) is 18.0 Å². The maximum atomic E-state index is 12.1. The Morgan fingerprint density at radius 2 is 2.30 bits per heavy atom.